The van der Waals surface area contributed by atoms with E-state index in [2.05, 4.69) is 15.3 Å². The summed E-state index contributed by atoms with van der Waals surface area (Å²) in [5.41, 5.74) is 0.777. The maximum Gasteiger partial charge on any atom is 0.328 e. The molecule has 0 unspecified atom stereocenters. The number of hydrogen-bond acceptors (Lipinski definition) is 4. The Morgan fingerprint density at radius 1 is 0.828 bits per heavy atom. The normalized spacial score (nSPS) is 11.2. The molecule has 148 valence electrons. The first-order valence-corrected chi connectivity index (χ1v) is 9.21. The standard InChI is InChI=1S/C20H19N5O4/c26-17(21-10-12-25-16-8-4-2-6-14(16)22-19(25)28)9-11-24-15-7-3-1-5-13(15)18(27)23-20(24)29/h1-8H,9-12H2,(H,21,26)(H,22,28)(H,23,27,29). The number of rotatable bonds is 6. The maximum absolute atomic E-state index is 12.2. The number of nitrogens with one attached hydrogen (secondary N) is 3. The smallest absolute Gasteiger partial charge is 0.328 e. The quantitative estimate of drug-likeness (QED) is 0.443. The molecule has 4 rings (SSSR count). The maximum atomic E-state index is 12.2. The second-order valence-corrected chi connectivity index (χ2v) is 6.63. The zero-order valence-electron chi connectivity index (χ0n) is 15.5. The molecular weight excluding hydrogens is 374 g/mol. The predicted octanol–water partition coefficient (Wildman–Crippen LogP) is 0.539. The first-order chi connectivity index (χ1) is 14.0. The van der Waals surface area contributed by atoms with Gasteiger partial charge in [0.15, 0.2) is 0 Å². The highest BCUT2D eigenvalue weighted by atomic mass is 16.2. The fourth-order valence-electron chi connectivity index (χ4n) is 3.40. The highest BCUT2D eigenvalue weighted by Gasteiger charge is 2.10. The van der Waals surface area contributed by atoms with E-state index in [1.807, 2.05) is 24.3 Å². The first kappa shape index (κ1) is 18.5. The zero-order valence-corrected chi connectivity index (χ0v) is 15.5. The largest absolute Gasteiger partial charge is 0.354 e. The Balaban J connectivity index is 1.41. The van der Waals surface area contributed by atoms with Crippen LogP contribution in [0.4, 0.5) is 0 Å². The number of carbonyl (C=O) groups is 1. The van der Waals surface area contributed by atoms with E-state index in [4.69, 9.17) is 0 Å². The van der Waals surface area contributed by atoms with Gasteiger partial charge in [-0.25, -0.2) is 9.59 Å². The lowest BCUT2D eigenvalue weighted by Gasteiger charge is -2.10. The van der Waals surface area contributed by atoms with E-state index in [1.54, 1.807) is 28.8 Å². The Morgan fingerprint density at radius 3 is 2.31 bits per heavy atom. The Hall–Kier alpha value is -3.88. The third-order valence-electron chi connectivity index (χ3n) is 4.81. The molecule has 0 saturated carbocycles. The van der Waals surface area contributed by atoms with Gasteiger partial charge in [0.1, 0.15) is 0 Å². The molecule has 0 atom stereocenters. The zero-order chi connectivity index (χ0) is 20.4. The Bertz CT molecular complexity index is 1380. The van der Waals surface area contributed by atoms with Crippen LogP contribution in [-0.4, -0.2) is 31.6 Å². The van der Waals surface area contributed by atoms with Crippen molar-refractivity contribution in [2.45, 2.75) is 19.5 Å². The summed E-state index contributed by atoms with van der Waals surface area (Å²) in [5.74, 6) is -0.250. The molecule has 4 aromatic rings. The van der Waals surface area contributed by atoms with Gasteiger partial charge in [-0.1, -0.05) is 24.3 Å². The summed E-state index contributed by atoms with van der Waals surface area (Å²) in [5, 5.41) is 3.16. The minimum atomic E-state index is -0.549. The van der Waals surface area contributed by atoms with E-state index in [9.17, 15) is 19.2 Å². The molecule has 2 aromatic heterocycles. The second kappa shape index (κ2) is 7.63. The summed E-state index contributed by atoms with van der Waals surface area (Å²) in [4.78, 5) is 53.3. The minimum absolute atomic E-state index is 0.0682. The number of imidazole rings is 1. The number of para-hydroxylation sites is 3. The van der Waals surface area contributed by atoms with Gasteiger partial charge in [-0.3, -0.25) is 23.7 Å². The van der Waals surface area contributed by atoms with Crippen molar-refractivity contribution in [2.75, 3.05) is 6.54 Å². The van der Waals surface area contributed by atoms with Gasteiger partial charge in [0, 0.05) is 26.1 Å². The van der Waals surface area contributed by atoms with E-state index in [0.29, 0.717) is 17.4 Å². The number of H-pyrrole nitrogens is 2. The molecule has 0 fully saturated rings. The van der Waals surface area contributed by atoms with Gasteiger partial charge in [0.2, 0.25) is 5.91 Å². The fourth-order valence-corrected chi connectivity index (χ4v) is 3.40. The summed E-state index contributed by atoms with van der Waals surface area (Å²) in [7, 11) is 0. The molecular formula is C20H19N5O4. The lowest BCUT2D eigenvalue weighted by molar-refractivity contribution is -0.121. The highest BCUT2D eigenvalue weighted by Crippen LogP contribution is 2.09. The van der Waals surface area contributed by atoms with E-state index < -0.39 is 11.2 Å². The molecule has 2 aromatic carbocycles. The van der Waals surface area contributed by atoms with Gasteiger partial charge in [0.25, 0.3) is 5.56 Å². The number of nitrogens with zero attached hydrogens (tertiary/aromatic N) is 2. The van der Waals surface area contributed by atoms with Gasteiger partial charge in [-0.2, -0.15) is 0 Å². The van der Waals surface area contributed by atoms with Crippen LogP contribution in [-0.2, 0) is 17.9 Å². The van der Waals surface area contributed by atoms with Crippen LogP contribution >= 0.6 is 0 Å². The summed E-state index contributed by atoms with van der Waals surface area (Å²) < 4.78 is 2.94. The van der Waals surface area contributed by atoms with Crippen molar-refractivity contribution < 1.29 is 4.79 Å². The molecule has 2 heterocycles. The molecule has 3 N–H and O–H groups in total. The van der Waals surface area contributed by atoms with Crippen molar-refractivity contribution in [3.05, 3.63) is 79.9 Å². The fraction of sp³-hybridized carbons (Fsp3) is 0.200. The van der Waals surface area contributed by atoms with Crippen LogP contribution < -0.4 is 22.3 Å². The number of aromatic amines is 2. The van der Waals surface area contributed by atoms with Gasteiger partial charge in [0.05, 0.1) is 21.9 Å². The molecule has 0 bridgehead atoms. The van der Waals surface area contributed by atoms with E-state index >= 15 is 0 Å². The lowest BCUT2D eigenvalue weighted by Crippen LogP contribution is -2.33. The SMILES string of the molecule is O=C(CCn1c(=O)[nH]c(=O)c2ccccc21)NCCn1c(=O)[nH]c2ccccc21. The average Bonchev–Trinajstić information content (AvgIpc) is 3.03. The van der Waals surface area contributed by atoms with Gasteiger partial charge in [-0.05, 0) is 24.3 Å². The van der Waals surface area contributed by atoms with Crippen LogP contribution in [0, 0.1) is 0 Å². The summed E-state index contributed by atoms with van der Waals surface area (Å²) in [6.45, 7) is 0.743. The van der Waals surface area contributed by atoms with E-state index in [-0.39, 0.29) is 31.1 Å². The molecule has 0 radical (unpaired) electrons. The van der Waals surface area contributed by atoms with Gasteiger partial charge in [-0.15, -0.1) is 0 Å². The number of aryl methyl sites for hydroxylation is 1. The molecule has 9 nitrogen and oxygen atoms in total. The number of hydrogen-bond donors (Lipinski definition) is 3. The molecule has 0 aliphatic heterocycles. The van der Waals surface area contributed by atoms with Crippen molar-refractivity contribution in [3.8, 4) is 0 Å². The average molecular weight is 393 g/mol. The molecule has 0 aliphatic carbocycles. The lowest BCUT2D eigenvalue weighted by atomic mass is 10.2. The second-order valence-electron chi connectivity index (χ2n) is 6.63. The van der Waals surface area contributed by atoms with Crippen LogP contribution in [0.25, 0.3) is 21.9 Å². The number of aromatic nitrogens is 4. The molecule has 0 aliphatic rings. The number of benzene rings is 2. The van der Waals surface area contributed by atoms with Crippen LogP contribution in [0.3, 0.4) is 0 Å². The van der Waals surface area contributed by atoms with Crippen molar-refractivity contribution in [1.29, 1.82) is 0 Å². The summed E-state index contributed by atoms with van der Waals surface area (Å²) in [6.07, 6.45) is 0.0682. The summed E-state index contributed by atoms with van der Waals surface area (Å²) >= 11 is 0. The van der Waals surface area contributed by atoms with Crippen molar-refractivity contribution in [3.63, 3.8) is 0 Å². The van der Waals surface area contributed by atoms with Crippen LogP contribution in [0.15, 0.2) is 62.9 Å². The van der Waals surface area contributed by atoms with Crippen LogP contribution in [0.5, 0.6) is 0 Å². The van der Waals surface area contributed by atoms with Crippen molar-refractivity contribution in [2.24, 2.45) is 0 Å². The predicted molar refractivity (Wildman–Crippen MR) is 109 cm³/mol. The number of fused-ring (bicyclic) bond motifs is 2. The first-order valence-electron chi connectivity index (χ1n) is 9.21. The summed E-state index contributed by atoms with van der Waals surface area (Å²) in [6, 6.07) is 14.1. The topological polar surface area (TPSA) is 122 Å². The Labute approximate surface area is 163 Å². The Morgan fingerprint density at radius 2 is 1.48 bits per heavy atom. The van der Waals surface area contributed by atoms with E-state index in [0.717, 1.165) is 11.0 Å². The molecule has 1 amide bonds. The number of amides is 1. The van der Waals surface area contributed by atoms with Crippen LogP contribution in [0.2, 0.25) is 0 Å². The van der Waals surface area contributed by atoms with Crippen molar-refractivity contribution in [1.82, 2.24) is 24.4 Å². The monoisotopic (exact) mass is 393 g/mol. The highest BCUT2D eigenvalue weighted by molar-refractivity contribution is 5.79. The van der Waals surface area contributed by atoms with Gasteiger partial charge < -0.3 is 10.3 Å². The molecule has 29 heavy (non-hydrogen) atoms. The van der Waals surface area contributed by atoms with Crippen molar-refractivity contribution >= 4 is 27.8 Å². The van der Waals surface area contributed by atoms with Crippen LogP contribution in [0.1, 0.15) is 6.42 Å². The molecule has 0 saturated heterocycles. The molecule has 0 spiro atoms. The third kappa shape index (κ3) is 3.62. The third-order valence-corrected chi connectivity index (χ3v) is 4.81. The van der Waals surface area contributed by atoms with Gasteiger partial charge >= 0.3 is 11.4 Å². The van der Waals surface area contributed by atoms with E-state index in [1.165, 1.54) is 4.57 Å². The number of carbonyl (C=O) groups excluding carboxylic acids is 1. The molecule has 9 heteroatoms. The minimum Gasteiger partial charge on any atom is -0.354 e. The Kier molecular flexibility index (Phi) is 4.86.